The van der Waals surface area contributed by atoms with Crippen LogP contribution in [-0.2, 0) is 10.0 Å². The lowest BCUT2D eigenvalue weighted by Gasteiger charge is -2.40. The van der Waals surface area contributed by atoms with Crippen LogP contribution in [0, 0.1) is 0 Å². The summed E-state index contributed by atoms with van der Waals surface area (Å²) in [7, 11) is -3.79. The normalized spacial score (nSPS) is 26.3. The summed E-state index contributed by atoms with van der Waals surface area (Å²) in [4.78, 5) is -0.378. The van der Waals surface area contributed by atoms with Crippen molar-refractivity contribution in [3.63, 3.8) is 0 Å². The maximum Gasteiger partial charge on any atom is 0.238 e. The molecule has 0 bridgehead atoms. The van der Waals surface area contributed by atoms with E-state index >= 15 is 0 Å². The quantitative estimate of drug-likeness (QED) is 0.757. The van der Waals surface area contributed by atoms with Crippen molar-refractivity contribution in [3.05, 3.63) is 23.8 Å². The van der Waals surface area contributed by atoms with Crippen molar-refractivity contribution < 1.29 is 18.3 Å². The van der Waals surface area contributed by atoms with Crippen molar-refractivity contribution in [2.75, 3.05) is 0 Å². The molecule has 0 unspecified atom stereocenters. The van der Waals surface area contributed by atoms with Crippen molar-refractivity contribution in [3.8, 4) is 5.75 Å². The molecule has 1 aromatic rings. The van der Waals surface area contributed by atoms with E-state index in [2.05, 4.69) is 15.9 Å². The Balaban J connectivity index is 2.56. The van der Waals surface area contributed by atoms with Gasteiger partial charge in [0.05, 0.1) is 15.8 Å². The van der Waals surface area contributed by atoms with Gasteiger partial charge >= 0.3 is 0 Å². The molecule has 18 heavy (non-hydrogen) atoms. The third-order valence-corrected chi connectivity index (χ3v) is 5.46. The van der Waals surface area contributed by atoms with Gasteiger partial charge in [-0.2, -0.15) is 0 Å². The molecule has 1 aromatic carbocycles. The van der Waals surface area contributed by atoms with Gasteiger partial charge in [-0.25, -0.2) is 13.6 Å². The van der Waals surface area contributed by atoms with Crippen molar-refractivity contribution in [2.24, 2.45) is 5.14 Å². The maximum atomic E-state index is 11.3. The molecule has 100 valence electrons. The highest BCUT2D eigenvalue weighted by atomic mass is 79.9. The van der Waals surface area contributed by atoms with Gasteiger partial charge in [-0.3, -0.25) is 0 Å². The van der Waals surface area contributed by atoms with Crippen LogP contribution in [0.2, 0.25) is 0 Å². The number of nitrogens with two attached hydrogens (primary N) is 1. The monoisotopic (exact) mass is 335 g/mol. The van der Waals surface area contributed by atoms with Gasteiger partial charge in [0.1, 0.15) is 11.4 Å². The number of aliphatic hydroxyl groups excluding tert-OH is 1. The second kappa shape index (κ2) is 4.19. The molecule has 0 saturated heterocycles. The van der Waals surface area contributed by atoms with Crippen LogP contribution in [0.1, 0.15) is 25.5 Å². The lowest BCUT2D eigenvalue weighted by atomic mass is 9.91. The molecular formula is C11H14BrNO4S. The number of halogens is 1. The van der Waals surface area contributed by atoms with Crippen molar-refractivity contribution in [1.82, 2.24) is 0 Å². The van der Waals surface area contributed by atoms with Crippen LogP contribution in [0.25, 0.3) is 0 Å². The first-order valence-corrected chi connectivity index (χ1v) is 7.77. The second-order valence-corrected chi connectivity index (χ2v) is 7.34. The molecule has 5 nitrogen and oxygen atoms in total. The average Bonchev–Trinajstić information content (AvgIpc) is 2.24. The zero-order chi connectivity index (χ0) is 13.7. The molecule has 3 N–H and O–H groups in total. The molecule has 2 rings (SSSR count). The Kier molecular flexibility index (Phi) is 3.21. The minimum absolute atomic E-state index is 0.0386. The predicted octanol–water partition coefficient (Wildman–Crippen LogP) is 1.30. The van der Waals surface area contributed by atoms with E-state index in [-0.39, 0.29) is 9.72 Å². The Labute approximate surface area is 114 Å². The predicted molar refractivity (Wildman–Crippen MR) is 70.2 cm³/mol. The largest absolute Gasteiger partial charge is 0.486 e. The van der Waals surface area contributed by atoms with E-state index in [1.807, 2.05) is 13.8 Å². The van der Waals surface area contributed by atoms with E-state index in [0.717, 1.165) is 0 Å². The molecule has 0 spiro atoms. The molecule has 1 heterocycles. The molecule has 7 heteroatoms. The Morgan fingerprint density at radius 2 is 2.06 bits per heavy atom. The van der Waals surface area contributed by atoms with E-state index in [4.69, 9.17) is 9.88 Å². The van der Waals surface area contributed by atoms with Crippen molar-refractivity contribution in [2.45, 2.75) is 35.3 Å². The summed E-state index contributed by atoms with van der Waals surface area (Å²) in [6, 6.07) is 4.23. The summed E-state index contributed by atoms with van der Waals surface area (Å²) in [6.07, 6.45) is -0.856. The first kappa shape index (κ1) is 13.8. The number of sulfonamides is 1. The number of hydrogen-bond donors (Lipinski definition) is 2. The van der Waals surface area contributed by atoms with Crippen molar-refractivity contribution in [1.29, 1.82) is 0 Å². The van der Waals surface area contributed by atoms with Crippen LogP contribution >= 0.6 is 15.9 Å². The minimum atomic E-state index is -3.79. The molecule has 1 aliphatic heterocycles. The molecule has 1 aliphatic rings. The van der Waals surface area contributed by atoms with E-state index in [1.165, 1.54) is 18.2 Å². The molecule has 0 fully saturated rings. The fourth-order valence-corrected chi connectivity index (χ4v) is 2.83. The smallest absolute Gasteiger partial charge is 0.238 e. The van der Waals surface area contributed by atoms with Gasteiger partial charge in [0.2, 0.25) is 10.0 Å². The molecule has 2 atom stereocenters. The Hall–Kier alpha value is -0.630. The number of benzene rings is 1. The van der Waals surface area contributed by atoms with E-state index in [1.54, 1.807) is 0 Å². The molecule has 0 aromatic heterocycles. The molecule has 0 amide bonds. The van der Waals surface area contributed by atoms with Gasteiger partial charge in [0.25, 0.3) is 0 Å². The van der Waals surface area contributed by atoms with Gasteiger partial charge in [-0.1, -0.05) is 15.9 Å². The molecule has 0 radical (unpaired) electrons. The maximum absolute atomic E-state index is 11.3. The van der Waals surface area contributed by atoms with Crippen LogP contribution in [-0.4, -0.2) is 24.0 Å². The van der Waals surface area contributed by atoms with Crippen LogP contribution in [0.4, 0.5) is 0 Å². The summed E-state index contributed by atoms with van der Waals surface area (Å²) in [6.45, 7) is 3.68. The van der Waals surface area contributed by atoms with Gasteiger partial charge in [0.15, 0.2) is 0 Å². The minimum Gasteiger partial charge on any atom is -0.486 e. The number of rotatable bonds is 1. The number of aliphatic hydroxyl groups is 1. The zero-order valence-corrected chi connectivity index (χ0v) is 12.3. The third-order valence-electron chi connectivity index (χ3n) is 2.94. The highest BCUT2D eigenvalue weighted by molar-refractivity contribution is 9.09. The third kappa shape index (κ3) is 2.27. The number of fused-ring (bicyclic) bond motifs is 1. The van der Waals surface area contributed by atoms with Crippen molar-refractivity contribution >= 4 is 26.0 Å². The molecule has 0 aliphatic carbocycles. The number of ether oxygens (including phenoxy) is 1. The summed E-state index contributed by atoms with van der Waals surface area (Å²) >= 11 is 3.36. The van der Waals surface area contributed by atoms with E-state index < -0.39 is 21.7 Å². The Morgan fingerprint density at radius 1 is 1.44 bits per heavy atom. The van der Waals surface area contributed by atoms with Crippen LogP contribution in [0.5, 0.6) is 5.75 Å². The SMILES string of the molecule is CC1(C)Oc2ccc(S(N)(=O)=O)cc2[C@@H](O)[C@@H]1Br. The Morgan fingerprint density at radius 3 is 2.61 bits per heavy atom. The summed E-state index contributed by atoms with van der Waals surface area (Å²) in [5.41, 5.74) is -0.169. The summed E-state index contributed by atoms with van der Waals surface area (Å²) in [5.74, 6) is 0.468. The van der Waals surface area contributed by atoms with E-state index in [9.17, 15) is 13.5 Å². The van der Waals surface area contributed by atoms with Gasteiger partial charge in [0, 0.05) is 5.56 Å². The average molecular weight is 336 g/mol. The first-order valence-electron chi connectivity index (χ1n) is 5.31. The van der Waals surface area contributed by atoms with Gasteiger partial charge in [-0.05, 0) is 32.0 Å². The highest BCUT2D eigenvalue weighted by Crippen LogP contribution is 2.43. The lowest BCUT2D eigenvalue weighted by Crippen LogP contribution is -2.45. The van der Waals surface area contributed by atoms with Gasteiger partial charge < -0.3 is 9.84 Å². The fourth-order valence-electron chi connectivity index (χ4n) is 1.91. The topological polar surface area (TPSA) is 89.6 Å². The van der Waals surface area contributed by atoms with Crippen LogP contribution in [0.3, 0.4) is 0 Å². The number of primary sulfonamides is 1. The molecular weight excluding hydrogens is 322 g/mol. The standard InChI is InChI=1S/C11H14BrNO4S/c1-11(2)10(12)9(14)7-5-6(18(13,15)16)3-4-8(7)17-11/h3-5,9-10,14H,1-2H3,(H2,13,15,16)/t9-,10+/m1/s1. The fraction of sp³-hybridized carbons (Fsp3) is 0.455. The summed E-state index contributed by atoms with van der Waals surface area (Å²) in [5, 5.41) is 15.3. The first-order chi connectivity index (χ1) is 8.13. The highest BCUT2D eigenvalue weighted by Gasteiger charge is 2.41. The molecule has 0 saturated carbocycles. The Bertz CT molecular complexity index is 585. The van der Waals surface area contributed by atoms with Crippen LogP contribution < -0.4 is 9.88 Å². The number of hydrogen-bond acceptors (Lipinski definition) is 4. The zero-order valence-electron chi connectivity index (χ0n) is 9.92. The number of alkyl halides is 1. The van der Waals surface area contributed by atoms with Crippen LogP contribution in [0.15, 0.2) is 23.1 Å². The summed E-state index contributed by atoms with van der Waals surface area (Å²) < 4.78 is 28.3. The van der Waals surface area contributed by atoms with Gasteiger partial charge in [-0.15, -0.1) is 0 Å². The second-order valence-electron chi connectivity index (χ2n) is 4.80. The van der Waals surface area contributed by atoms with E-state index in [0.29, 0.717) is 11.3 Å². The lowest BCUT2D eigenvalue weighted by molar-refractivity contribution is 0.0223.